The molecule has 10 heteroatoms. The molecule has 3 rings (SSSR count). The molecule has 0 bridgehead atoms. The molecule has 0 radical (unpaired) electrons. The lowest BCUT2D eigenvalue weighted by molar-refractivity contribution is 0.181. The lowest BCUT2D eigenvalue weighted by Crippen LogP contribution is -2.52. The Morgan fingerprint density at radius 3 is 2.67 bits per heavy atom. The average Bonchev–Trinajstić information content (AvgIpc) is 3.23. The van der Waals surface area contributed by atoms with Crippen LogP contribution in [0.2, 0.25) is 0 Å². The lowest BCUT2D eigenvalue weighted by Gasteiger charge is -2.36. The van der Waals surface area contributed by atoms with Crippen LogP contribution < -0.4 is 10.2 Å². The maximum absolute atomic E-state index is 13.8. The van der Waals surface area contributed by atoms with Crippen molar-refractivity contribution in [3.63, 3.8) is 0 Å². The molecule has 1 aliphatic rings. The van der Waals surface area contributed by atoms with Gasteiger partial charge in [-0.25, -0.2) is 14.4 Å². The largest absolute Gasteiger partial charge is 0.380 e. The maximum Gasteiger partial charge on any atom is 0.205 e. The molecule has 30 heavy (non-hydrogen) atoms. The van der Waals surface area contributed by atoms with Crippen molar-refractivity contribution in [2.24, 2.45) is 4.99 Å². The van der Waals surface area contributed by atoms with Crippen molar-refractivity contribution in [3.05, 3.63) is 41.0 Å². The van der Waals surface area contributed by atoms with Gasteiger partial charge in [0.2, 0.25) is 5.13 Å². The first-order valence-electron chi connectivity index (χ1n) is 10.0. The summed E-state index contributed by atoms with van der Waals surface area (Å²) in [6.45, 7) is 9.20. The van der Waals surface area contributed by atoms with Gasteiger partial charge in [-0.2, -0.15) is 4.37 Å². The molecule has 1 aromatic heterocycles. The number of methoxy groups -OCH3 is 1. The number of hydrogen-bond donors (Lipinski definition) is 1. The summed E-state index contributed by atoms with van der Waals surface area (Å²) in [5.41, 5.74) is 1.52. The van der Waals surface area contributed by atoms with Crippen molar-refractivity contribution in [1.82, 2.24) is 19.6 Å². The van der Waals surface area contributed by atoms with Crippen molar-refractivity contribution in [2.45, 2.75) is 33.4 Å². The van der Waals surface area contributed by atoms with Gasteiger partial charge in [-0.1, -0.05) is 13.0 Å². The Kier molecular flexibility index (Phi) is 10.2. The van der Waals surface area contributed by atoms with Gasteiger partial charge in [0.05, 0.1) is 13.2 Å². The van der Waals surface area contributed by atoms with Crippen molar-refractivity contribution < 1.29 is 9.13 Å². The van der Waals surface area contributed by atoms with E-state index >= 15 is 0 Å². The predicted molar refractivity (Wildman–Crippen MR) is 130 cm³/mol. The number of aromatic nitrogens is 2. The zero-order chi connectivity index (χ0) is 20.6. The van der Waals surface area contributed by atoms with E-state index in [2.05, 4.69) is 38.3 Å². The highest BCUT2D eigenvalue weighted by molar-refractivity contribution is 14.0. The van der Waals surface area contributed by atoms with Gasteiger partial charge in [-0.3, -0.25) is 0 Å². The van der Waals surface area contributed by atoms with Gasteiger partial charge >= 0.3 is 0 Å². The monoisotopic (exact) mass is 548 g/mol. The average molecular weight is 548 g/mol. The normalized spacial score (nSPS) is 14.6. The van der Waals surface area contributed by atoms with E-state index in [1.165, 1.54) is 17.6 Å². The summed E-state index contributed by atoms with van der Waals surface area (Å²) in [5, 5.41) is 4.38. The minimum Gasteiger partial charge on any atom is -0.380 e. The number of guanidine groups is 1. The molecule has 1 fully saturated rings. The van der Waals surface area contributed by atoms with E-state index in [-0.39, 0.29) is 36.4 Å². The quantitative estimate of drug-likeness (QED) is 0.326. The van der Waals surface area contributed by atoms with E-state index in [0.717, 1.165) is 61.6 Å². The number of piperazine rings is 1. The Morgan fingerprint density at radius 1 is 1.27 bits per heavy atom. The Morgan fingerprint density at radius 2 is 2.03 bits per heavy atom. The van der Waals surface area contributed by atoms with Gasteiger partial charge in [0.25, 0.3) is 0 Å². The third-order valence-electron chi connectivity index (χ3n) is 4.78. The minimum atomic E-state index is -0.245. The summed E-state index contributed by atoms with van der Waals surface area (Å²) in [5.74, 6) is 1.55. The molecule has 2 aromatic rings. The van der Waals surface area contributed by atoms with Crippen molar-refractivity contribution in [2.75, 3.05) is 44.7 Å². The first kappa shape index (κ1) is 24.7. The van der Waals surface area contributed by atoms with Crippen LogP contribution >= 0.6 is 35.5 Å². The second-order valence-electron chi connectivity index (χ2n) is 6.85. The van der Waals surface area contributed by atoms with E-state index in [1.54, 1.807) is 13.2 Å². The first-order valence-corrected chi connectivity index (χ1v) is 10.8. The fourth-order valence-electron chi connectivity index (χ4n) is 3.21. The van der Waals surface area contributed by atoms with Crippen LogP contribution in [0, 0.1) is 5.82 Å². The van der Waals surface area contributed by atoms with Crippen LogP contribution in [0.3, 0.4) is 0 Å². The fraction of sp³-hybridized carbons (Fsp3) is 0.550. The highest BCUT2D eigenvalue weighted by atomic mass is 127. The van der Waals surface area contributed by atoms with Crippen LogP contribution in [0.4, 0.5) is 9.52 Å². The van der Waals surface area contributed by atoms with E-state index in [0.29, 0.717) is 12.1 Å². The topological polar surface area (TPSA) is 65.9 Å². The lowest BCUT2D eigenvalue weighted by atomic mass is 10.1. The number of rotatable bonds is 7. The van der Waals surface area contributed by atoms with E-state index < -0.39 is 0 Å². The molecule has 2 heterocycles. The number of hydrogen-bond acceptors (Lipinski definition) is 6. The van der Waals surface area contributed by atoms with Gasteiger partial charge in [0.1, 0.15) is 11.6 Å². The predicted octanol–water partition coefficient (Wildman–Crippen LogP) is 3.29. The molecule has 0 aliphatic carbocycles. The number of anilines is 1. The summed E-state index contributed by atoms with van der Waals surface area (Å²) in [6, 6.07) is 5.09. The fourth-order valence-corrected chi connectivity index (χ4v) is 4.01. The molecule has 7 nitrogen and oxygen atoms in total. The zero-order valence-corrected chi connectivity index (χ0v) is 20.9. The Labute approximate surface area is 198 Å². The summed E-state index contributed by atoms with van der Waals surface area (Å²) in [7, 11) is 1.57. The van der Waals surface area contributed by atoms with Gasteiger partial charge in [0.15, 0.2) is 5.96 Å². The van der Waals surface area contributed by atoms with Gasteiger partial charge in [-0.05, 0) is 24.6 Å². The standard InChI is InChI=1S/C20H29FN6OS.HI/c1-4-18-24-20(29-25-18)27-10-8-26(9-11-27)19(22-5-2)23-13-15-6-7-17(21)16(12-15)14-28-3;/h6-7,12H,4-5,8-11,13-14H2,1-3H3,(H,22,23);1H. The smallest absolute Gasteiger partial charge is 0.205 e. The van der Waals surface area contributed by atoms with Gasteiger partial charge in [0, 0.05) is 63.4 Å². The molecule has 1 aromatic carbocycles. The summed E-state index contributed by atoms with van der Waals surface area (Å²) in [4.78, 5) is 13.9. The number of nitrogens with zero attached hydrogens (tertiary/aromatic N) is 5. The number of aliphatic imine (C=N–C) groups is 1. The Balaban J connectivity index is 0.00000320. The third kappa shape index (κ3) is 6.48. The molecule has 0 spiro atoms. The zero-order valence-electron chi connectivity index (χ0n) is 17.7. The highest BCUT2D eigenvalue weighted by Gasteiger charge is 2.22. The van der Waals surface area contributed by atoms with Crippen molar-refractivity contribution >= 4 is 46.6 Å². The minimum absolute atomic E-state index is 0. The van der Waals surface area contributed by atoms with Crippen LogP contribution in [0.5, 0.6) is 0 Å². The van der Waals surface area contributed by atoms with E-state index in [1.807, 2.05) is 6.07 Å². The van der Waals surface area contributed by atoms with E-state index in [4.69, 9.17) is 9.73 Å². The molecule has 1 aliphatic heterocycles. The van der Waals surface area contributed by atoms with Gasteiger partial charge < -0.3 is 19.9 Å². The van der Waals surface area contributed by atoms with Crippen LogP contribution in [0.25, 0.3) is 0 Å². The number of halogens is 2. The molecule has 0 atom stereocenters. The first-order chi connectivity index (χ1) is 14.1. The number of nitrogens with one attached hydrogen (secondary N) is 1. The third-order valence-corrected chi connectivity index (χ3v) is 5.59. The number of aryl methyl sites for hydroxylation is 1. The van der Waals surface area contributed by atoms with Crippen LogP contribution in [0.1, 0.15) is 30.8 Å². The van der Waals surface area contributed by atoms with E-state index in [9.17, 15) is 4.39 Å². The highest BCUT2D eigenvalue weighted by Crippen LogP contribution is 2.19. The molecular weight excluding hydrogens is 518 g/mol. The molecule has 0 amide bonds. The summed E-state index contributed by atoms with van der Waals surface area (Å²) in [6.07, 6.45) is 0.864. The van der Waals surface area contributed by atoms with Crippen molar-refractivity contribution in [3.8, 4) is 0 Å². The van der Waals surface area contributed by atoms with Gasteiger partial charge in [-0.15, -0.1) is 24.0 Å². The summed E-state index contributed by atoms with van der Waals surface area (Å²) < 4.78 is 23.3. The van der Waals surface area contributed by atoms with Crippen LogP contribution in [0.15, 0.2) is 23.2 Å². The second kappa shape index (κ2) is 12.4. The SMILES string of the molecule is CCNC(=NCc1ccc(F)c(COC)c1)N1CCN(c2nc(CC)ns2)CC1.I. The Hall–Kier alpha value is -1.53. The molecule has 1 saturated heterocycles. The van der Waals surface area contributed by atoms with Crippen LogP contribution in [-0.4, -0.2) is 60.1 Å². The number of benzene rings is 1. The maximum atomic E-state index is 13.8. The Bertz CT molecular complexity index is 825. The second-order valence-corrected chi connectivity index (χ2v) is 7.58. The molecule has 1 N–H and O–H groups in total. The molecule has 0 saturated carbocycles. The molecule has 0 unspecified atom stereocenters. The molecular formula is C20H30FIN6OS. The van der Waals surface area contributed by atoms with Crippen LogP contribution in [-0.2, 0) is 24.3 Å². The number of ether oxygens (including phenoxy) is 1. The molecule has 166 valence electrons. The summed E-state index contributed by atoms with van der Waals surface area (Å²) >= 11 is 1.47. The van der Waals surface area contributed by atoms with Crippen molar-refractivity contribution in [1.29, 1.82) is 0 Å².